The normalized spacial score (nSPS) is 20.7. The molecule has 2 aromatic carbocycles. The number of hydrogen-bond donors (Lipinski definition) is 4. The number of fused-ring (bicyclic) bond motifs is 1. The van der Waals surface area contributed by atoms with Crippen LogP contribution in [0.15, 0.2) is 30.3 Å². The van der Waals surface area contributed by atoms with E-state index in [-0.39, 0.29) is 29.8 Å². The molecule has 1 aliphatic heterocycles. The molecule has 0 radical (unpaired) electrons. The molecule has 5 heteroatoms. The van der Waals surface area contributed by atoms with Gasteiger partial charge in [0.05, 0.1) is 12.7 Å². The minimum Gasteiger partial charge on any atom is -0.508 e. The van der Waals surface area contributed by atoms with Crippen LogP contribution in [-0.4, -0.2) is 27.0 Å². The van der Waals surface area contributed by atoms with Crippen molar-refractivity contribution < 1.29 is 25.2 Å². The van der Waals surface area contributed by atoms with Crippen molar-refractivity contribution in [3.05, 3.63) is 47.0 Å². The smallest absolute Gasteiger partial charge is 0.161 e. The van der Waals surface area contributed by atoms with Crippen molar-refractivity contribution in [3.8, 4) is 23.0 Å². The van der Waals surface area contributed by atoms with Gasteiger partial charge in [-0.05, 0) is 24.6 Å². The topological polar surface area (TPSA) is 90.2 Å². The van der Waals surface area contributed by atoms with Crippen LogP contribution in [0.4, 0.5) is 0 Å². The third-order valence-corrected chi connectivity index (χ3v) is 3.93. The number of phenolic OH excluding ortho intramolecular Hbond substituents is 3. The summed E-state index contributed by atoms with van der Waals surface area (Å²) in [7, 11) is 0. The summed E-state index contributed by atoms with van der Waals surface area (Å²) >= 11 is 0. The molecule has 4 N–H and O–H groups in total. The van der Waals surface area contributed by atoms with E-state index < -0.39 is 6.10 Å². The molecule has 2 atom stereocenters. The van der Waals surface area contributed by atoms with Gasteiger partial charge in [-0.25, -0.2) is 0 Å². The van der Waals surface area contributed by atoms with E-state index in [1.807, 2.05) is 0 Å². The molecule has 0 aliphatic carbocycles. The fourth-order valence-corrected chi connectivity index (χ4v) is 2.77. The first-order valence-corrected chi connectivity index (χ1v) is 6.64. The van der Waals surface area contributed by atoms with Crippen LogP contribution in [0.1, 0.15) is 28.7 Å². The number of hydrogen-bond acceptors (Lipinski definition) is 5. The molecule has 0 amide bonds. The Morgan fingerprint density at radius 1 is 1.14 bits per heavy atom. The highest BCUT2D eigenvalue weighted by Crippen LogP contribution is 2.47. The molecule has 2 unspecified atom stereocenters. The zero-order chi connectivity index (χ0) is 15.1. The van der Waals surface area contributed by atoms with Crippen molar-refractivity contribution in [1.29, 1.82) is 0 Å². The van der Waals surface area contributed by atoms with Gasteiger partial charge >= 0.3 is 0 Å². The number of rotatable bonds is 1. The highest BCUT2D eigenvalue weighted by molar-refractivity contribution is 5.57. The van der Waals surface area contributed by atoms with Crippen LogP contribution in [0.2, 0.25) is 0 Å². The second-order valence-electron chi connectivity index (χ2n) is 5.24. The maximum atomic E-state index is 10.6. The van der Waals surface area contributed by atoms with E-state index in [4.69, 9.17) is 4.74 Å². The van der Waals surface area contributed by atoms with Crippen molar-refractivity contribution in [2.24, 2.45) is 0 Å². The van der Waals surface area contributed by atoms with E-state index >= 15 is 0 Å². The van der Waals surface area contributed by atoms with Crippen LogP contribution in [0, 0.1) is 6.92 Å². The lowest BCUT2D eigenvalue weighted by atomic mass is 9.85. The van der Waals surface area contributed by atoms with Crippen molar-refractivity contribution in [1.82, 2.24) is 0 Å². The standard InChI is InChI=1S/C16H16O5/c1-8-14-13(6-12(18)15(8)19)21-7-11(16(14)20)9-3-2-4-10(17)5-9/h2-6,11,16-20H,7H2,1H3. The molecule has 110 valence electrons. The van der Waals surface area contributed by atoms with E-state index in [0.29, 0.717) is 16.9 Å². The first kappa shape index (κ1) is 13.6. The Kier molecular flexibility index (Phi) is 3.14. The van der Waals surface area contributed by atoms with E-state index in [1.165, 1.54) is 6.07 Å². The summed E-state index contributed by atoms with van der Waals surface area (Å²) in [6.07, 6.45) is -0.887. The SMILES string of the molecule is Cc1c(O)c(O)cc2c1C(O)C(c1cccc(O)c1)CO2. The summed E-state index contributed by atoms with van der Waals surface area (Å²) in [5, 5.41) is 39.6. The molecular weight excluding hydrogens is 272 g/mol. The van der Waals surface area contributed by atoms with E-state index in [9.17, 15) is 20.4 Å². The number of aliphatic hydroxyl groups is 1. The summed E-state index contributed by atoms with van der Waals surface area (Å²) in [5.41, 5.74) is 1.60. The first-order chi connectivity index (χ1) is 9.99. The van der Waals surface area contributed by atoms with Crippen LogP contribution >= 0.6 is 0 Å². The third-order valence-electron chi connectivity index (χ3n) is 3.93. The van der Waals surface area contributed by atoms with Crippen molar-refractivity contribution in [2.45, 2.75) is 18.9 Å². The van der Waals surface area contributed by atoms with Gasteiger partial charge in [-0.15, -0.1) is 0 Å². The largest absolute Gasteiger partial charge is 0.508 e. The van der Waals surface area contributed by atoms with Crippen LogP contribution in [0.25, 0.3) is 0 Å². The highest BCUT2D eigenvalue weighted by atomic mass is 16.5. The Bertz CT molecular complexity index is 695. The molecule has 3 rings (SSSR count). The second-order valence-corrected chi connectivity index (χ2v) is 5.24. The number of ether oxygens (including phenoxy) is 1. The van der Waals surface area contributed by atoms with Crippen molar-refractivity contribution in [2.75, 3.05) is 6.61 Å². The average Bonchev–Trinajstić information content (AvgIpc) is 2.45. The van der Waals surface area contributed by atoms with Gasteiger partial charge in [-0.3, -0.25) is 0 Å². The number of aliphatic hydroxyl groups excluding tert-OH is 1. The monoisotopic (exact) mass is 288 g/mol. The Morgan fingerprint density at radius 3 is 2.62 bits per heavy atom. The molecule has 5 nitrogen and oxygen atoms in total. The van der Waals surface area contributed by atoms with E-state index in [2.05, 4.69) is 0 Å². The van der Waals surface area contributed by atoms with Gasteiger partial charge in [-0.1, -0.05) is 12.1 Å². The Balaban J connectivity index is 2.06. The molecular formula is C16H16O5. The maximum Gasteiger partial charge on any atom is 0.161 e. The Hall–Kier alpha value is -2.40. The second kappa shape index (κ2) is 4.86. The average molecular weight is 288 g/mol. The Labute approximate surface area is 121 Å². The van der Waals surface area contributed by atoms with Gasteiger partial charge in [0.1, 0.15) is 11.5 Å². The Morgan fingerprint density at radius 2 is 1.90 bits per heavy atom. The van der Waals surface area contributed by atoms with Gasteiger partial charge in [0, 0.05) is 23.1 Å². The van der Waals surface area contributed by atoms with Gasteiger partial charge in [-0.2, -0.15) is 0 Å². The fraction of sp³-hybridized carbons (Fsp3) is 0.250. The maximum absolute atomic E-state index is 10.6. The molecule has 21 heavy (non-hydrogen) atoms. The van der Waals surface area contributed by atoms with Gasteiger partial charge in [0.2, 0.25) is 0 Å². The predicted molar refractivity (Wildman–Crippen MR) is 75.8 cm³/mol. The minimum absolute atomic E-state index is 0.121. The van der Waals surface area contributed by atoms with Crippen LogP contribution < -0.4 is 4.74 Å². The number of aromatic hydroxyl groups is 3. The summed E-state index contributed by atoms with van der Waals surface area (Å²) in [5.74, 6) is -0.392. The molecule has 0 fully saturated rings. The zero-order valence-corrected chi connectivity index (χ0v) is 11.4. The number of benzene rings is 2. The molecule has 1 aliphatic rings. The fourth-order valence-electron chi connectivity index (χ4n) is 2.77. The zero-order valence-electron chi connectivity index (χ0n) is 11.4. The molecule has 0 bridgehead atoms. The molecule has 1 heterocycles. The lowest BCUT2D eigenvalue weighted by molar-refractivity contribution is 0.0875. The van der Waals surface area contributed by atoms with Crippen molar-refractivity contribution >= 4 is 0 Å². The van der Waals surface area contributed by atoms with E-state index in [0.717, 1.165) is 5.56 Å². The summed E-state index contributed by atoms with van der Waals surface area (Å²) in [4.78, 5) is 0. The lowest BCUT2D eigenvalue weighted by Gasteiger charge is -2.32. The molecule has 0 saturated carbocycles. The summed E-state index contributed by atoms with van der Waals surface area (Å²) in [6.45, 7) is 1.84. The van der Waals surface area contributed by atoms with Gasteiger partial charge in [0.15, 0.2) is 11.5 Å². The summed E-state index contributed by atoms with van der Waals surface area (Å²) < 4.78 is 5.60. The molecule has 2 aromatic rings. The van der Waals surface area contributed by atoms with Crippen LogP contribution in [-0.2, 0) is 0 Å². The minimum atomic E-state index is -0.887. The van der Waals surface area contributed by atoms with Gasteiger partial charge < -0.3 is 25.2 Å². The van der Waals surface area contributed by atoms with Crippen molar-refractivity contribution in [3.63, 3.8) is 0 Å². The van der Waals surface area contributed by atoms with Crippen LogP contribution in [0.5, 0.6) is 23.0 Å². The van der Waals surface area contributed by atoms with Gasteiger partial charge in [0.25, 0.3) is 0 Å². The molecule has 0 spiro atoms. The van der Waals surface area contributed by atoms with Crippen LogP contribution in [0.3, 0.4) is 0 Å². The number of phenols is 3. The molecule has 0 saturated heterocycles. The quantitative estimate of drug-likeness (QED) is 0.605. The summed E-state index contributed by atoms with van der Waals surface area (Å²) in [6, 6.07) is 7.95. The third kappa shape index (κ3) is 2.15. The first-order valence-electron chi connectivity index (χ1n) is 6.64. The highest BCUT2D eigenvalue weighted by Gasteiger charge is 2.33. The predicted octanol–water partition coefficient (Wildman–Crippen LogP) is 2.32. The van der Waals surface area contributed by atoms with E-state index in [1.54, 1.807) is 31.2 Å². The molecule has 0 aromatic heterocycles. The lowest BCUT2D eigenvalue weighted by Crippen LogP contribution is -2.25.